The minimum Gasteiger partial charge on any atom is -0.504 e. The Morgan fingerprint density at radius 2 is 1.58 bits per heavy atom. The maximum absolute atomic E-state index is 15.0. The molecule has 8 heterocycles. The van der Waals surface area contributed by atoms with Crippen LogP contribution < -0.4 is 4.74 Å². The SMILES string of the molecule is O=C(OC1OC(CO)C2OC(=O)C34CC5(O)OC6(OCC(O)C6O)C3OC5(O)C3(O)Oc5c(O)c(O)cc(c5C43)C(=O)OC1C2O)c1cc(O)c(O)c(O)c1. The molecule has 11 rings (SSSR count). The zero-order valence-corrected chi connectivity index (χ0v) is 27.4. The van der Waals surface area contributed by atoms with Gasteiger partial charge in [-0.05, 0) is 18.2 Å². The van der Waals surface area contributed by atoms with Crippen molar-refractivity contribution in [2.24, 2.45) is 5.41 Å². The van der Waals surface area contributed by atoms with Crippen LogP contribution in [0.4, 0.5) is 0 Å². The van der Waals surface area contributed by atoms with Crippen LogP contribution in [0.2, 0.25) is 0 Å². The number of rotatable bonds is 3. The molecule has 2 aromatic carbocycles. The molecule has 6 saturated heterocycles. The van der Waals surface area contributed by atoms with E-state index in [9.17, 15) is 75.7 Å². The molecule has 0 radical (unpaired) electrons. The fourth-order valence-corrected chi connectivity index (χ4v) is 8.95. The van der Waals surface area contributed by atoms with Crippen LogP contribution in [-0.2, 0) is 38.0 Å². The molecule has 7 fully saturated rings. The highest BCUT2D eigenvalue weighted by atomic mass is 16.9. The second-order valence-corrected chi connectivity index (χ2v) is 14.3. The van der Waals surface area contributed by atoms with Gasteiger partial charge in [0.05, 0.1) is 30.3 Å². The Bertz CT molecular complexity index is 2050. The quantitative estimate of drug-likeness (QED) is 0.0792. The lowest BCUT2D eigenvalue weighted by atomic mass is 9.49. The zero-order chi connectivity index (χ0) is 39.5. The molecule has 23 nitrogen and oxygen atoms in total. The first kappa shape index (κ1) is 35.9. The molecule has 55 heavy (non-hydrogen) atoms. The summed E-state index contributed by atoms with van der Waals surface area (Å²) in [5, 5.41) is 131. The lowest BCUT2D eigenvalue weighted by Crippen LogP contribution is -2.93. The molecule has 12 N–H and O–H groups in total. The molecule has 8 aliphatic heterocycles. The lowest BCUT2D eigenvalue weighted by molar-refractivity contribution is -0.611. The third-order valence-electron chi connectivity index (χ3n) is 11.4. The summed E-state index contributed by atoms with van der Waals surface area (Å²) in [4.78, 5) is 42.4. The van der Waals surface area contributed by atoms with Gasteiger partial charge in [0.25, 0.3) is 11.6 Å². The molecule has 296 valence electrons. The van der Waals surface area contributed by atoms with Crippen molar-refractivity contribution in [3.8, 4) is 34.5 Å². The third-order valence-corrected chi connectivity index (χ3v) is 11.4. The first-order chi connectivity index (χ1) is 25.8. The first-order valence-electron chi connectivity index (χ1n) is 16.4. The number of hydrogen-bond acceptors (Lipinski definition) is 23. The summed E-state index contributed by atoms with van der Waals surface area (Å²) < 4.78 is 44.9. The summed E-state index contributed by atoms with van der Waals surface area (Å²) in [6.07, 6.45) is -17.9. The van der Waals surface area contributed by atoms with E-state index in [4.69, 9.17) is 37.9 Å². The van der Waals surface area contributed by atoms with Crippen molar-refractivity contribution in [2.75, 3.05) is 13.2 Å². The second kappa shape index (κ2) is 10.9. The van der Waals surface area contributed by atoms with Gasteiger partial charge in [-0.3, -0.25) is 4.79 Å². The average Bonchev–Trinajstić information content (AvgIpc) is 3.61. The number of carbonyl (C=O) groups is 3. The van der Waals surface area contributed by atoms with Gasteiger partial charge in [-0.1, -0.05) is 0 Å². The maximum Gasteiger partial charge on any atom is 0.340 e. The van der Waals surface area contributed by atoms with E-state index in [-0.39, 0.29) is 0 Å². The minimum atomic E-state index is -3.48. The average molecular weight is 783 g/mol. The molecule has 0 aromatic heterocycles. The van der Waals surface area contributed by atoms with E-state index in [1.807, 2.05) is 0 Å². The fraction of sp³-hybridized carbons (Fsp3) is 0.531. The summed E-state index contributed by atoms with van der Waals surface area (Å²) >= 11 is 0. The van der Waals surface area contributed by atoms with Gasteiger partial charge in [-0.25, -0.2) is 9.59 Å². The number of hydrogen-bond donors (Lipinski definition) is 12. The molecule has 9 aliphatic rings. The molecule has 2 aromatic rings. The fourth-order valence-electron chi connectivity index (χ4n) is 8.95. The van der Waals surface area contributed by atoms with Crippen LogP contribution >= 0.6 is 0 Å². The number of benzene rings is 2. The summed E-state index contributed by atoms with van der Waals surface area (Å²) in [5.41, 5.74) is -4.92. The number of fused-ring (bicyclic) bond motifs is 2. The summed E-state index contributed by atoms with van der Waals surface area (Å²) in [7, 11) is 0. The number of aliphatic hydroxyl groups is 7. The molecular weight excluding hydrogens is 752 g/mol. The van der Waals surface area contributed by atoms with Gasteiger partial charge >= 0.3 is 17.9 Å². The zero-order valence-electron chi connectivity index (χ0n) is 27.4. The van der Waals surface area contributed by atoms with Gasteiger partial charge < -0.3 is 99.2 Å². The number of phenolic OH excluding ortho intramolecular Hbond substituents is 5. The lowest BCUT2D eigenvalue weighted by Gasteiger charge is -2.72. The third kappa shape index (κ3) is 4.12. The molecular formula is C32H30O23. The van der Waals surface area contributed by atoms with Gasteiger partial charge in [0.1, 0.15) is 35.9 Å². The molecule has 14 unspecified atom stereocenters. The smallest absolute Gasteiger partial charge is 0.340 e. The van der Waals surface area contributed by atoms with Gasteiger partial charge in [0.2, 0.25) is 23.6 Å². The Labute approximate surface area is 304 Å². The van der Waals surface area contributed by atoms with Crippen LogP contribution in [0.1, 0.15) is 38.6 Å². The molecule has 2 spiro atoms. The monoisotopic (exact) mass is 782 g/mol. The molecule has 1 saturated carbocycles. The van der Waals surface area contributed by atoms with Crippen molar-refractivity contribution < 1.29 is 114 Å². The standard InChI is InChI=1S/C32H30O23/c33-4-13-18-17(40)20(25(49-13)52-23(42)7-1-9(34)15(38)10(35)2-7)50-24(43)8-3-11(36)16(39)19-14(8)21-28(27(44)51-18)6-29(45)32(47,31(21,46)53-19)54-26(28)30(55-29)22(41)12(37)5-48-30/h1-3,12-13,17-18,20-22,25-26,33-41,45-47H,4-6H2. The summed E-state index contributed by atoms with van der Waals surface area (Å²) in [6, 6.07) is 1.94. The van der Waals surface area contributed by atoms with Crippen molar-refractivity contribution >= 4 is 17.9 Å². The normalized spacial score (nSPS) is 44.7. The van der Waals surface area contributed by atoms with E-state index >= 15 is 0 Å². The van der Waals surface area contributed by atoms with E-state index in [0.29, 0.717) is 18.2 Å². The van der Waals surface area contributed by atoms with E-state index in [0.717, 1.165) is 0 Å². The van der Waals surface area contributed by atoms with Gasteiger partial charge in [-0.15, -0.1) is 0 Å². The Hall–Kier alpha value is -4.79. The van der Waals surface area contributed by atoms with E-state index in [1.165, 1.54) is 0 Å². The Balaban J connectivity index is 1.23. The molecule has 14 atom stereocenters. The number of esters is 3. The Kier molecular flexibility index (Phi) is 7.14. The van der Waals surface area contributed by atoms with E-state index in [1.54, 1.807) is 0 Å². The maximum atomic E-state index is 15.0. The summed E-state index contributed by atoms with van der Waals surface area (Å²) in [6.45, 7) is -1.81. The van der Waals surface area contributed by atoms with Gasteiger partial charge in [0.15, 0.2) is 41.0 Å². The molecule has 0 amide bonds. The number of aliphatic hydroxyl groups excluding tert-OH is 4. The van der Waals surface area contributed by atoms with Crippen LogP contribution in [0, 0.1) is 5.41 Å². The van der Waals surface area contributed by atoms with Gasteiger partial charge in [0, 0.05) is 12.0 Å². The molecule has 23 heteroatoms. The number of ether oxygens (including phenoxy) is 8. The van der Waals surface area contributed by atoms with Crippen LogP contribution in [0.25, 0.3) is 0 Å². The largest absolute Gasteiger partial charge is 0.504 e. The van der Waals surface area contributed by atoms with Crippen molar-refractivity contribution in [1.29, 1.82) is 0 Å². The van der Waals surface area contributed by atoms with Crippen LogP contribution in [0.3, 0.4) is 0 Å². The minimum absolute atomic E-state index is 0.590. The Morgan fingerprint density at radius 3 is 2.20 bits per heavy atom. The predicted octanol–water partition coefficient (Wildman–Crippen LogP) is -4.59. The van der Waals surface area contributed by atoms with Crippen molar-refractivity contribution in [3.63, 3.8) is 0 Å². The highest BCUT2D eigenvalue weighted by molar-refractivity contribution is 5.96. The highest BCUT2D eigenvalue weighted by Crippen LogP contribution is 2.77. The Morgan fingerprint density at radius 1 is 0.909 bits per heavy atom. The van der Waals surface area contributed by atoms with Crippen LogP contribution in [0.15, 0.2) is 18.2 Å². The molecule has 6 bridgehead atoms. The van der Waals surface area contributed by atoms with Crippen LogP contribution in [-0.4, -0.2) is 165 Å². The predicted molar refractivity (Wildman–Crippen MR) is 159 cm³/mol. The topological polar surface area (TPSA) is 368 Å². The van der Waals surface area contributed by atoms with Gasteiger partial charge in [-0.2, -0.15) is 0 Å². The number of carbonyl (C=O) groups excluding carboxylic acids is 3. The number of phenols is 5. The van der Waals surface area contributed by atoms with E-state index < -0.39 is 172 Å². The van der Waals surface area contributed by atoms with Crippen molar-refractivity contribution in [2.45, 2.75) is 84.5 Å². The highest BCUT2D eigenvalue weighted by Gasteiger charge is 2.95. The van der Waals surface area contributed by atoms with Crippen molar-refractivity contribution in [1.82, 2.24) is 0 Å². The van der Waals surface area contributed by atoms with Crippen molar-refractivity contribution in [3.05, 3.63) is 34.9 Å². The van der Waals surface area contributed by atoms with E-state index in [2.05, 4.69) is 0 Å². The second-order valence-electron chi connectivity index (χ2n) is 14.3. The first-order valence-corrected chi connectivity index (χ1v) is 16.4. The number of aromatic hydroxyl groups is 5. The van der Waals surface area contributed by atoms with Crippen LogP contribution in [0.5, 0.6) is 34.5 Å². The summed E-state index contributed by atoms with van der Waals surface area (Å²) in [5.74, 6) is -26.0. The molecule has 1 aliphatic carbocycles.